The van der Waals surface area contributed by atoms with Crippen molar-refractivity contribution in [2.24, 2.45) is 5.92 Å². The second kappa shape index (κ2) is 5.30. The van der Waals surface area contributed by atoms with Crippen LogP contribution in [0, 0.1) is 5.92 Å². The number of carbonyl (C=O) groups excluding carboxylic acids is 2. The summed E-state index contributed by atoms with van der Waals surface area (Å²) >= 11 is 3.55. The van der Waals surface area contributed by atoms with Crippen LogP contribution in [0.15, 0.2) is 28.7 Å². The zero-order valence-electron chi connectivity index (χ0n) is 11.1. The molecule has 0 saturated carbocycles. The first kappa shape index (κ1) is 13.8. The number of benzene rings is 1. The third-order valence-electron chi connectivity index (χ3n) is 4.49. The molecule has 4 nitrogen and oxygen atoms in total. The molecule has 2 aliphatic rings. The first-order valence-electron chi connectivity index (χ1n) is 6.94. The molecule has 2 heterocycles. The van der Waals surface area contributed by atoms with Crippen LogP contribution < -0.4 is 10.6 Å². The fourth-order valence-corrected chi connectivity index (χ4v) is 4.16. The minimum Gasteiger partial charge on any atom is -0.317 e. The summed E-state index contributed by atoms with van der Waals surface area (Å²) in [5.74, 6) is -0.0977. The Morgan fingerprint density at radius 3 is 2.45 bits per heavy atom. The predicted octanol–water partition coefficient (Wildman–Crippen LogP) is 1.73. The number of hydrogen-bond donors (Lipinski definition) is 2. The molecule has 3 rings (SSSR count). The molecule has 20 heavy (non-hydrogen) atoms. The molecule has 2 amide bonds. The molecular weight excluding hydrogens is 320 g/mol. The van der Waals surface area contributed by atoms with E-state index in [0.29, 0.717) is 0 Å². The number of imide groups is 1. The van der Waals surface area contributed by atoms with Crippen molar-refractivity contribution < 1.29 is 9.59 Å². The van der Waals surface area contributed by atoms with Crippen LogP contribution in [0.5, 0.6) is 0 Å². The molecule has 0 bridgehead atoms. The van der Waals surface area contributed by atoms with Crippen LogP contribution >= 0.6 is 15.9 Å². The standard InChI is InChI=1S/C15H17BrN2O2/c16-12-4-2-1-3-11(12)15(9-13(19)18-14(15)20)10-5-7-17-8-6-10/h1-4,10,17H,5-9H2,(H,18,19,20). The molecule has 0 aliphatic carbocycles. The quantitative estimate of drug-likeness (QED) is 0.808. The average molecular weight is 337 g/mol. The summed E-state index contributed by atoms with van der Waals surface area (Å²) in [7, 11) is 0. The lowest BCUT2D eigenvalue weighted by Gasteiger charge is -2.38. The molecule has 1 aromatic carbocycles. The van der Waals surface area contributed by atoms with Gasteiger partial charge in [0, 0.05) is 10.9 Å². The zero-order valence-corrected chi connectivity index (χ0v) is 12.7. The Labute approximate surface area is 126 Å². The topological polar surface area (TPSA) is 58.2 Å². The van der Waals surface area contributed by atoms with Crippen LogP contribution in [0.4, 0.5) is 0 Å². The highest BCUT2D eigenvalue weighted by Crippen LogP contribution is 2.45. The SMILES string of the molecule is O=C1CC(c2ccccc2Br)(C2CCNCC2)C(=O)N1. The number of halogens is 1. The lowest BCUT2D eigenvalue weighted by Crippen LogP contribution is -2.46. The molecule has 2 aliphatic heterocycles. The predicted molar refractivity (Wildman–Crippen MR) is 79.2 cm³/mol. The Morgan fingerprint density at radius 2 is 1.85 bits per heavy atom. The van der Waals surface area contributed by atoms with Gasteiger partial charge in [0.25, 0.3) is 0 Å². The Bertz CT molecular complexity index is 555. The maximum Gasteiger partial charge on any atom is 0.238 e. The molecule has 0 aromatic heterocycles. The van der Waals surface area contributed by atoms with Gasteiger partial charge in [-0.05, 0) is 43.5 Å². The van der Waals surface area contributed by atoms with Gasteiger partial charge in [0.1, 0.15) is 0 Å². The first-order chi connectivity index (χ1) is 9.64. The van der Waals surface area contributed by atoms with Gasteiger partial charge in [0.05, 0.1) is 5.41 Å². The molecule has 1 unspecified atom stereocenters. The summed E-state index contributed by atoms with van der Waals surface area (Å²) in [5.41, 5.74) is 0.231. The van der Waals surface area contributed by atoms with Gasteiger partial charge < -0.3 is 5.32 Å². The molecule has 2 fully saturated rings. The number of carbonyl (C=O) groups is 2. The molecule has 2 N–H and O–H groups in total. The summed E-state index contributed by atoms with van der Waals surface area (Å²) in [5, 5.41) is 5.83. The molecule has 106 valence electrons. The van der Waals surface area contributed by atoms with Crippen LogP contribution in [0.25, 0.3) is 0 Å². The third-order valence-corrected chi connectivity index (χ3v) is 5.18. The monoisotopic (exact) mass is 336 g/mol. The van der Waals surface area contributed by atoms with E-state index in [0.717, 1.165) is 36.0 Å². The van der Waals surface area contributed by atoms with E-state index in [1.165, 1.54) is 0 Å². The minimum atomic E-state index is -0.709. The van der Waals surface area contributed by atoms with E-state index < -0.39 is 5.41 Å². The number of piperidine rings is 1. The highest BCUT2D eigenvalue weighted by atomic mass is 79.9. The van der Waals surface area contributed by atoms with Gasteiger partial charge in [0.15, 0.2) is 0 Å². The molecule has 1 aromatic rings. The smallest absolute Gasteiger partial charge is 0.238 e. The highest BCUT2D eigenvalue weighted by Gasteiger charge is 2.53. The van der Waals surface area contributed by atoms with Gasteiger partial charge in [-0.1, -0.05) is 34.1 Å². The fraction of sp³-hybridized carbons (Fsp3) is 0.467. The number of amides is 2. The second-order valence-electron chi connectivity index (χ2n) is 5.53. The van der Waals surface area contributed by atoms with Crippen molar-refractivity contribution in [1.82, 2.24) is 10.6 Å². The van der Waals surface area contributed by atoms with Gasteiger partial charge in [-0.3, -0.25) is 14.9 Å². The minimum absolute atomic E-state index is 0.138. The third kappa shape index (κ3) is 2.09. The van der Waals surface area contributed by atoms with Crippen LogP contribution in [0.3, 0.4) is 0 Å². The molecule has 2 saturated heterocycles. The first-order valence-corrected chi connectivity index (χ1v) is 7.74. The fourth-order valence-electron chi connectivity index (χ4n) is 3.52. The van der Waals surface area contributed by atoms with Gasteiger partial charge in [-0.15, -0.1) is 0 Å². The van der Waals surface area contributed by atoms with Crippen molar-refractivity contribution in [2.45, 2.75) is 24.7 Å². The summed E-state index contributed by atoms with van der Waals surface area (Å²) < 4.78 is 0.906. The number of hydrogen-bond acceptors (Lipinski definition) is 3. The van der Waals surface area contributed by atoms with E-state index in [4.69, 9.17) is 0 Å². The van der Waals surface area contributed by atoms with E-state index in [2.05, 4.69) is 26.6 Å². The Balaban J connectivity index is 2.11. The normalized spacial score (nSPS) is 27.6. The molecule has 0 spiro atoms. The van der Waals surface area contributed by atoms with E-state index in [-0.39, 0.29) is 24.2 Å². The van der Waals surface area contributed by atoms with Crippen molar-refractivity contribution in [1.29, 1.82) is 0 Å². The lowest BCUT2D eigenvalue weighted by atomic mass is 9.65. The van der Waals surface area contributed by atoms with E-state index in [1.807, 2.05) is 24.3 Å². The summed E-state index contributed by atoms with van der Waals surface area (Å²) in [4.78, 5) is 24.4. The maximum absolute atomic E-state index is 12.6. The Morgan fingerprint density at radius 1 is 1.15 bits per heavy atom. The average Bonchev–Trinajstić information content (AvgIpc) is 2.76. The van der Waals surface area contributed by atoms with Crippen LogP contribution in [-0.4, -0.2) is 24.9 Å². The summed E-state index contributed by atoms with van der Waals surface area (Å²) in [6.07, 6.45) is 2.10. The van der Waals surface area contributed by atoms with Crippen molar-refractivity contribution in [3.63, 3.8) is 0 Å². The van der Waals surface area contributed by atoms with Gasteiger partial charge in [-0.2, -0.15) is 0 Å². The molecule has 5 heteroatoms. The number of rotatable bonds is 2. The van der Waals surface area contributed by atoms with Gasteiger partial charge in [-0.25, -0.2) is 0 Å². The second-order valence-corrected chi connectivity index (χ2v) is 6.38. The van der Waals surface area contributed by atoms with Crippen molar-refractivity contribution in [2.75, 3.05) is 13.1 Å². The maximum atomic E-state index is 12.6. The summed E-state index contributed by atoms with van der Waals surface area (Å²) in [6, 6.07) is 7.76. The van der Waals surface area contributed by atoms with Crippen LogP contribution in [0.1, 0.15) is 24.8 Å². The largest absolute Gasteiger partial charge is 0.317 e. The van der Waals surface area contributed by atoms with Gasteiger partial charge >= 0.3 is 0 Å². The van der Waals surface area contributed by atoms with Gasteiger partial charge in [0.2, 0.25) is 11.8 Å². The van der Waals surface area contributed by atoms with E-state index in [1.54, 1.807) is 0 Å². The Hall–Kier alpha value is -1.20. The highest BCUT2D eigenvalue weighted by molar-refractivity contribution is 9.10. The van der Waals surface area contributed by atoms with Crippen LogP contribution in [0.2, 0.25) is 0 Å². The molecule has 0 radical (unpaired) electrons. The van der Waals surface area contributed by atoms with E-state index in [9.17, 15) is 9.59 Å². The lowest BCUT2D eigenvalue weighted by molar-refractivity contribution is -0.127. The molecular formula is C15H17BrN2O2. The summed E-state index contributed by atoms with van der Waals surface area (Å²) in [6.45, 7) is 1.80. The van der Waals surface area contributed by atoms with Crippen LogP contribution in [-0.2, 0) is 15.0 Å². The van der Waals surface area contributed by atoms with Crippen molar-refractivity contribution in [3.8, 4) is 0 Å². The molecule has 1 atom stereocenters. The van der Waals surface area contributed by atoms with E-state index >= 15 is 0 Å². The van der Waals surface area contributed by atoms with Crippen molar-refractivity contribution in [3.05, 3.63) is 34.3 Å². The van der Waals surface area contributed by atoms with Crippen molar-refractivity contribution >= 4 is 27.7 Å². The number of nitrogens with one attached hydrogen (secondary N) is 2. The Kier molecular flexibility index (Phi) is 3.65. The zero-order chi connectivity index (χ0) is 14.2.